The number of carboxylic acid groups (broad SMARTS) is 1. The predicted octanol–water partition coefficient (Wildman–Crippen LogP) is 5.78. The number of rotatable bonds is 10. The van der Waals surface area contributed by atoms with Gasteiger partial charge in [0.25, 0.3) is 0 Å². The number of carbonyl (C=O) groups is 1. The number of hydrogen-bond acceptors (Lipinski definition) is 3. The summed E-state index contributed by atoms with van der Waals surface area (Å²) in [5.74, 6) is -2.40. The summed E-state index contributed by atoms with van der Waals surface area (Å²) in [6, 6.07) is 3.97. The second kappa shape index (κ2) is 13.0. The minimum absolute atomic E-state index is 0.00101. The number of aryl methyl sites for hydroxylation is 1. The standard InChI is InChI=1S/C17H21F6NO2S.C2H6/c18-16(19,20)8-5-11-1-3-12(4-2-11)13(17(21,22)23)6-9-27-10-7-14(24)15(25)26;1-2/h1-4,13-14H,5-10,24H2,(H,25,26);1-2H3. The van der Waals surface area contributed by atoms with Gasteiger partial charge < -0.3 is 10.8 Å². The fourth-order valence-electron chi connectivity index (χ4n) is 2.36. The third kappa shape index (κ3) is 12.0. The molecule has 0 aliphatic carbocycles. The highest BCUT2D eigenvalue weighted by atomic mass is 32.2. The van der Waals surface area contributed by atoms with E-state index in [9.17, 15) is 31.1 Å². The lowest BCUT2D eigenvalue weighted by atomic mass is 9.94. The monoisotopic (exact) mass is 447 g/mol. The summed E-state index contributed by atoms with van der Waals surface area (Å²) < 4.78 is 76.5. The van der Waals surface area contributed by atoms with Crippen LogP contribution >= 0.6 is 11.8 Å². The van der Waals surface area contributed by atoms with Crippen LogP contribution in [0.4, 0.5) is 26.3 Å². The summed E-state index contributed by atoms with van der Waals surface area (Å²) in [5.41, 5.74) is 5.65. The number of thioether (sulfide) groups is 1. The van der Waals surface area contributed by atoms with Gasteiger partial charge in [0.2, 0.25) is 0 Å². The molecule has 0 saturated heterocycles. The van der Waals surface area contributed by atoms with Gasteiger partial charge in [0, 0.05) is 6.42 Å². The Bertz CT molecular complexity index is 590. The van der Waals surface area contributed by atoms with Crippen molar-refractivity contribution in [1.82, 2.24) is 0 Å². The molecule has 0 aliphatic heterocycles. The van der Waals surface area contributed by atoms with Crippen molar-refractivity contribution in [2.45, 2.75) is 63.8 Å². The second-order valence-electron chi connectivity index (χ2n) is 6.09. The van der Waals surface area contributed by atoms with Crippen LogP contribution in [0.15, 0.2) is 24.3 Å². The number of alkyl halides is 6. The molecule has 1 aromatic carbocycles. The van der Waals surface area contributed by atoms with Crippen LogP contribution in [0.5, 0.6) is 0 Å². The van der Waals surface area contributed by atoms with E-state index >= 15 is 0 Å². The van der Waals surface area contributed by atoms with E-state index in [1.807, 2.05) is 13.8 Å². The Labute approximate surface area is 171 Å². The van der Waals surface area contributed by atoms with E-state index in [0.29, 0.717) is 11.3 Å². The van der Waals surface area contributed by atoms with Gasteiger partial charge in [-0.25, -0.2) is 0 Å². The minimum atomic E-state index is -4.48. The molecule has 0 radical (unpaired) electrons. The molecule has 3 nitrogen and oxygen atoms in total. The van der Waals surface area contributed by atoms with Gasteiger partial charge in [-0.3, -0.25) is 4.79 Å². The first-order valence-corrected chi connectivity index (χ1v) is 10.3. The Hall–Kier alpha value is -1.42. The van der Waals surface area contributed by atoms with Crippen LogP contribution in [0.1, 0.15) is 50.2 Å². The van der Waals surface area contributed by atoms with Gasteiger partial charge in [-0.2, -0.15) is 38.1 Å². The molecule has 3 N–H and O–H groups in total. The zero-order valence-corrected chi connectivity index (χ0v) is 17.1. The number of benzene rings is 1. The zero-order chi connectivity index (χ0) is 22.7. The van der Waals surface area contributed by atoms with Crippen LogP contribution in [-0.2, 0) is 11.2 Å². The largest absolute Gasteiger partial charge is 0.480 e. The van der Waals surface area contributed by atoms with Crippen LogP contribution in [0, 0.1) is 0 Å². The molecule has 0 aliphatic rings. The first kappa shape index (κ1) is 27.6. The molecule has 0 bridgehead atoms. The molecule has 0 spiro atoms. The van der Waals surface area contributed by atoms with Crippen molar-refractivity contribution < 1.29 is 36.2 Å². The lowest BCUT2D eigenvalue weighted by molar-refractivity contribution is -0.150. The number of halogens is 6. The lowest BCUT2D eigenvalue weighted by Crippen LogP contribution is -2.30. The SMILES string of the molecule is CC.NC(CCSCCC(c1ccc(CCC(F)(F)F)cc1)C(F)(F)F)C(=O)O. The quantitative estimate of drug-likeness (QED) is 0.353. The van der Waals surface area contributed by atoms with Crippen molar-refractivity contribution in [3.8, 4) is 0 Å². The molecular formula is C19H27F6NO2S. The van der Waals surface area contributed by atoms with Gasteiger partial charge in [0.15, 0.2) is 0 Å². The van der Waals surface area contributed by atoms with Crippen LogP contribution in [-0.4, -0.2) is 41.0 Å². The maximum atomic E-state index is 13.3. The molecule has 29 heavy (non-hydrogen) atoms. The Morgan fingerprint density at radius 1 is 1.03 bits per heavy atom. The lowest BCUT2D eigenvalue weighted by Gasteiger charge is -2.21. The molecular weight excluding hydrogens is 420 g/mol. The molecule has 0 fully saturated rings. The van der Waals surface area contributed by atoms with Gasteiger partial charge in [-0.05, 0) is 41.9 Å². The van der Waals surface area contributed by atoms with E-state index in [2.05, 4.69) is 0 Å². The van der Waals surface area contributed by atoms with E-state index in [1.165, 1.54) is 36.0 Å². The number of carboxylic acids is 1. The molecule has 1 aromatic rings. The molecule has 0 heterocycles. The van der Waals surface area contributed by atoms with Crippen molar-refractivity contribution in [2.24, 2.45) is 5.73 Å². The first-order chi connectivity index (χ1) is 13.4. The van der Waals surface area contributed by atoms with Gasteiger partial charge in [-0.15, -0.1) is 0 Å². The molecule has 2 unspecified atom stereocenters. The van der Waals surface area contributed by atoms with E-state index in [0.717, 1.165) is 0 Å². The number of nitrogens with two attached hydrogens (primary N) is 1. The van der Waals surface area contributed by atoms with E-state index < -0.39 is 36.7 Å². The maximum Gasteiger partial charge on any atom is 0.395 e. The highest BCUT2D eigenvalue weighted by Gasteiger charge is 2.40. The molecule has 0 saturated carbocycles. The average molecular weight is 447 g/mol. The van der Waals surface area contributed by atoms with Gasteiger partial charge >= 0.3 is 18.3 Å². The third-order valence-electron chi connectivity index (χ3n) is 3.92. The summed E-state index contributed by atoms with van der Waals surface area (Å²) in [7, 11) is 0. The molecule has 0 amide bonds. The topological polar surface area (TPSA) is 63.3 Å². The van der Waals surface area contributed by atoms with Gasteiger partial charge in [-0.1, -0.05) is 38.1 Å². The summed E-state index contributed by atoms with van der Waals surface area (Å²) in [4.78, 5) is 10.6. The van der Waals surface area contributed by atoms with E-state index in [4.69, 9.17) is 10.8 Å². The summed E-state index contributed by atoms with van der Waals surface area (Å²) in [6.07, 6.45) is -10.1. The summed E-state index contributed by atoms with van der Waals surface area (Å²) >= 11 is 1.18. The minimum Gasteiger partial charge on any atom is -0.480 e. The second-order valence-corrected chi connectivity index (χ2v) is 7.31. The molecule has 0 aromatic heterocycles. The number of hydrogen-bond donors (Lipinski definition) is 2. The van der Waals surface area contributed by atoms with Gasteiger partial charge in [0.05, 0.1) is 5.92 Å². The third-order valence-corrected chi connectivity index (χ3v) is 4.96. The molecule has 10 heteroatoms. The van der Waals surface area contributed by atoms with Crippen molar-refractivity contribution in [3.05, 3.63) is 35.4 Å². The highest BCUT2D eigenvalue weighted by molar-refractivity contribution is 7.99. The normalized spacial score (nSPS) is 14.0. The summed E-state index contributed by atoms with van der Waals surface area (Å²) in [5, 5.41) is 8.64. The molecule has 1 rings (SSSR count). The number of aliphatic carboxylic acids is 1. The maximum absolute atomic E-state index is 13.3. The average Bonchev–Trinajstić information content (AvgIpc) is 2.63. The van der Waals surface area contributed by atoms with Crippen molar-refractivity contribution in [1.29, 1.82) is 0 Å². The Morgan fingerprint density at radius 3 is 2.00 bits per heavy atom. The Balaban J connectivity index is 0.00000379. The van der Waals surface area contributed by atoms with Gasteiger partial charge in [0.1, 0.15) is 6.04 Å². The van der Waals surface area contributed by atoms with Crippen molar-refractivity contribution in [3.63, 3.8) is 0 Å². The first-order valence-electron chi connectivity index (χ1n) is 9.18. The highest BCUT2D eigenvalue weighted by Crippen LogP contribution is 2.38. The molecule has 2 atom stereocenters. The van der Waals surface area contributed by atoms with E-state index in [-0.39, 0.29) is 30.6 Å². The van der Waals surface area contributed by atoms with Crippen LogP contribution in [0.3, 0.4) is 0 Å². The van der Waals surface area contributed by atoms with E-state index in [1.54, 1.807) is 0 Å². The zero-order valence-electron chi connectivity index (χ0n) is 16.3. The smallest absolute Gasteiger partial charge is 0.395 e. The van der Waals surface area contributed by atoms with Crippen LogP contribution in [0.25, 0.3) is 0 Å². The Morgan fingerprint density at radius 2 is 1.55 bits per heavy atom. The van der Waals surface area contributed by atoms with Crippen LogP contribution < -0.4 is 5.73 Å². The fourth-order valence-corrected chi connectivity index (χ4v) is 3.39. The predicted molar refractivity (Wildman–Crippen MR) is 103 cm³/mol. The van der Waals surface area contributed by atoms with Crippen molar-refractivity contribution in [2.75, 3.05) is 11.5 Å². The molecule has 168 valence electrons. The fraction of sp³-hybridized carbons (Fsp3) is 0.632. The van der Waals surface area contributed by atoms with Crippen molar-refractivity contribution >= 4 is 17.7 Å². The Kier molecular flexibility index (Phi) is 12.4. The summed E-state index contributed by atoms with van der Waals surface area (Å²) in [6.45, 7) is 4.00. The van der Waals surface area contributed by atoms with Crippen LogP contribution in [0.2, 0.25) is 0 Å².